The lowest BCUT2D eigenvalue weighted by Gasteiger charge is -2.26. The molecule has 326 valence electrons. The van der Waals surface area contributed by atoms with Gasteiger partial charge >= 0.3 is 11.9 Å². The fraction of sp³-hybridized carbons (Fsp3) is 0.809. The number of carbonyl (C=O) groups excluding carboxylic acids is 3. The number of likely N-dealkylation sites (N-methyl/N-ethyl adjacent to an activating group) is 1. The Labute approximate surface area is 343 Å². The van der Waals surface area contributed by atoms with E-state index in [9.17, 15) is 19.5 Å². The molecule has 0 aromatic rings. The van der Waals surface area contributed by atoms with Crippen molar-refractivity contribution in [3.8, 4) is 0 Å². The highest BCUT2D eigenvalue weighted by Gasteiger charge is 2.21. The highest BCUT2D eigenvalue weighted by Crippen LogP contribution is 2.14. The zero-order valence-corrected chi connectivity index (χ0v) is 36.8. The van der Waals surface area contributed by atoms with Crippen LogP contribution in [-0.2, 0) is 33.3 Å². The monoisotopic (exact) mass is 792 g/mol. The van der Waals surface area contributed by atoms with Crippen molar-refractivity contribution in [3.63, 3.8) is 0 Å². The molecule has 0 saturated carbocycles. The Balaban J connectivity index is 4.19. The van der Waals surface area contributed by atoms with E-state index in [0.29, 0.717) is 17.4 Å². The first kappa shape index (κ1) is 53.5. The predicted octanol–water partition coefficient (Wildman–Crippen LogP) is 10.5. The number of esters is 2. The molecular weight excluding hydrogens is 707 g/mol. The molecule has 0 spiro atoms. The number of unbranched alkanes of at least 4 members (excludes halogenated alkanes) is 20. The van der Waals surface area contributed by atoms with Gasteiger partial charge in [-0.2, -0.15) is 0 Å². The standard InChI is InChI=1S/C47H85NO8/c1-6-8-10-12-14-15-16-17-18-19-20-21-22-23-24-25-26-27-28-29-30-31-32-34-36-38-45(50)56-43(41-54-44(49)37-35-33-13-11-9-7-2)42-55-47(46(51)52)53-40-39-48(3,4)5/h16-17,19-20,22-23,43,47H,6-15,18,21,24-42H2,1-5H3/b17-16-,20-19-,23-22-. The number of hydrogen-bond acceptors (Lipinski definition) is 8. The van der Waals surface area contributed by atoms with Crippen LogP contribution in [0.5, 0.6) is 0 Å². The molecule has 0 bridgehead atoms. The maximum atomic E-state index is 12.7. The van der Waals surface area contributed by atoms with E-state index in [-0.39, 0.29) is 38.6 Å². The Morgan fingerprint density at radius 3 is 1.43 bits per heavy atom. The van der Waals surface area contributed by atoms with Gasteiger partial charge in [-0.25, -0.2) is 0 Å². The average Bonchev–Trinajstić information content (AvgIpc) is 3.15. The molecule has 0 rings (SSSR count). The molecule has 0 aliphatic heterocycles. The molecule has 0 radical (unpaired) electrons. The van der Waals surface area contributed by atoms with Crippen LogP contribution in [0.4, 0.5) is 0 Å². The molecule has 0 saturated heterocycles. The SMILES string of the molecule is CCCCCCC/C=C\C/C=C\C/C=C\CCCCCCCCCCCCC(=O)OC(COC(=O)CCCCCCCC)COC(OCC[N+](C)(C)C)C(=O)[O-]. The van der Waals surface area contributed by atoms with Crippen molar-refractivity contribution in [2.45, 2.75) is 200 Å². The van der Waals surface area contributed by atoms with Crippen LogP contribution in [0.15, 0.2) is 36.5 Å². The summed E-state index contributed by atoms with van der Waals surface area (Å²) in [6.07, 6.45) is 40.7. The summed E-state index contributed by atoms with van der Waals surface area (Å²) in [7, 11) is 5.90. The van der Waals surface area contributed by atoms with Gasteiger partial charge in [-0.15, -0.1) is 0 Å². The first-order chi connectivity index (χ1) is 27.1. The van der Waals surface area contributed by atoms with Gasteiger partial charge in [-0.1, -0.05) is 159 Å². The lowest BCUT2D eigenvalue weighted by Crippen LogP contribution is -2.44. The van der Waals surface area contributed by atoms with Crippen LogP contribution in [0.25, 0.3) is 0 Å². The predicted molar refractivity (Wildman–Crippen MR) is 228 cm³/mol. The van der Waals surface area contributed by atoms with Gasteiger partial charge in [0, 0.05) is 12.8 Å². The van der Waals surface area contributed by atoms with Crippen molar-refractivity contribution in [2.24, 2.45) is 0 Å². The smallest absolute Gasteiger partial charge is 0.306 e. The maximum Gasteiger partial charge on any atom is 0.306 e. The summed E-state index contributed by atoms with van der Waals surface area (Å²) in [5, 5.41) is 11.6. The number of quaternary nitrogens is 1. The number of carboxylic acid groups (broad SMARTS) is 1. The van der Waals surface area contributed by atoms with Crippen LogP contribution in [-0.4, -0.2) is 82.3 Å². The first-order valence-electron chi connectivity index (χ1n) is 22.6. The summed E-state index contributed by atoms with van der Waals surface area (Å²) in [5.74, 6) is -2.30. The Morgan fingerprint density at radius 1 is 0.536 bits per heavy atom. The van der Waals surface area contributed by atoms with Gasteiger partial charge in [0.15, 0.2) is 12.4 Å². The number of allylic oxidation sites excluding steroid dienone is 6. The van der Waals surface area contributed by atoms with E-state index in [1.54, 1.807) is 0 Å². The molecule has 2 atom stereocenters. The van der Waals surface area contributed by atoms with Crippen LogP contribution < -0.4 is 5.11 Å². The highest BCUT2D eigenvalue weighted by molar-refractivity contribution is 5.70. The third kappa shape index (κ3) is 39.7. The van der Waals surface area contributed by atoms with Gasteiger partial charge in [-0.3, -0.25) is 9.59 Å². The molecule has 2 unspecified atom stereocenters. The quantitative estimate of drug-likeness (QED) is 0.0198. The third-order valence-corrected chi connectivity index (χ3v) is 9.64. The van der Waals surface area contributed by atoms with Crippen LogP contribution in [0.3, 0.4) is 0 Å². The molecule has 0 amide bonds. The zero-order valence-electron chi connectivity index (χ0n) is 36.8. The topological polar surface area (TPSA) is 111 Å². The second-order valence-corrected chi connectivity index (χ2v) is 16.3. The molecule has 9 heteroatoms. The molecule has 56 heavy (non-hydrogen) atoms. The number of carboxylic acids is 1. The van der Waals surface area contributed by atoms with Crippen molar-refractivity contribution in [1.82, 2.24) is 0 Å². The van der Waals surface area contributed by atoms with Crippen molar-refractivity contribution >= 4 is 17.9 Å². The second-order valence-electron chi connectivity index (χ2n) is 16.3. The van der Waals surface area contributed by atoms with Crippen molar-refractivity contribution in [1.29, 1.82) is 0 Å². The molecular formula is C47H85NO8. The lowest BCUT2D eigenvalue weighted by molar-refractivity contribution is -0.870. The molecule has 0 aromatic heterocycles. The lowest BCUT2D eigenvalue weighted by atomic mass is 10.0. The Morgan fingerprint density at radius 2 is 0.964 bits per heavy atom. The summed E-state index contributed by atoms with van der Waals surface area (Å²) in [4.78, 5) is 36.7. The van der Waals surface area contributed by atoms with Crippen molar-refractivity contribution in [2.75, 3.05) is 47.5 Å². The summed E-state index contributed by atoms with van der Waals surface area (Å²) >= 11 is 0. The van der Waals surface area contributed by atoms with E-state index in [2.05, 4.69) is 50.3 Å². The van der Waals surface area contributed by atoms with E-state index in [1.807, 2.05) is 21.1 Å². The van der Waals surface area contributed by atoms with Gasteiger partial charge < -0.3 is 33.3 Å². The minimum absolute atomic E-state index is 0.147. The third-order valence-electron chi connectivity index (χ3n) is 9.64. The first-order valence-corrected chi connectivity index (χ1v) is 22.6. The minimum atomic E-state index is -1.62. The second kappa shape index (κ2) is 39.3. The van der Waals surface area contributed by atoms with Gasteiger partial charge in [0.25, 0.3) is 0 Å². The number of carbonyl (C=O) groups is 3. The zero-order chi connectivity index (χ0) is 41.4. The van der Waals surface area contributed by atoms with Crippen LogP contribution >= 0.6 is 0 Å². The normalized spacial score (nSPS) is 13.2. The summed E-state index contributed by atoms with van der Waals surface area (Å²) in [5.41, 5.74) is 0. The summed E-state index contributed by atoms with van der Waals surface area (Å²) < 4.78 is 22.4. The molecule has 0 N–H and O–H groups in total. The van der Waals surface area contributed by atoms with Crippen molar-refractivity contribution < 1.29 is 42.9 Å². The molecule has 0 aromatic carbocycles. The van der Waals surface area contributed by atoms with E-state index in [1.165, 1.54) is 89.9 Å². The number of rotatable bonds is 41. The molecule has 0 fully saturated rings. The van der Waals surface area contributed by atoms with Gasteiger partial charge in [-0.05, 0) is 51.4 Å². The molecule has 0 aliphatic rings. The van der Waals surface area contributed by atoms with E-state index >= 15 is 0 Å². The summed E-state index contributed by atoms with van der Waals surface area (Å²) in [6, 6.07) is 0. The van der Waals surface area contributed by atoms with E-state index in [0.717, 1.165) is 64.2 Å². The molecule has 9 nitrogen and oxygen atoms in total. The highest BCUT2D eigenvalue weighted by atomic mass is 16.7. The van der Waals surface area contributed by atoms with Gasteiger partial charge in [0.05, 0.1) is 40.3 Å². The van der Waals surface area contributed by atoms with E-state index < -0.39 is 24.3 Å². The van der Waals surface area contributed by atoms with Crippen LogP contribution in [0, 0.1) is 0 Å². The van der Waals surface area contributed by atoms with Crippen LogP contribution in [0.1, 0.15) is 187 Å². The van der Waals surface area contributed by atoms with Gasteiger partial charge in [0.2, 0.25) is 0 Å². The average molecular weight is 792 g/mol. The number of hydrogen-bond donors (Lipinski definition) is 0. The minimum Gasteiger partial charge on any atom is -0.545 e. The molecule has 0 aliphatic carbocycles. The number of nitrogens with zero attached hydrogens (tertiary/aromatic N) is 1. The number of aliphatic carboxylic acids is 1. The fourth-order valence-corrected chi connectivity index (χ4v) is 6.07. The fourth-order valence-electron chi connectivity index (χ4n) is 6.07. The maximum absolute atomic E-state index is 12.7. The van der Waals surface area contributed by atoms with Crippen molar-refractivity contribution in [3.05, 3.63) is 36.5 Å². The Bertz CT molecular complexity index is 1020. The molecule has 0 heterocycles. The van der Waals surface area contributed by atoms with Crippen LogP contribution in [0.2, 0.25) is 0 Å². The van der Waals surface area contributed by atoms with Gasteiger partial charge in [0.1, 0.15) is 13.2 Å². The number of ether oxygens (including phenoxy) is 4. The largest absolute Gasteiger partial charge is 0.545 e. The Kier molecular flexibility index (Phi) is 37.6. The summed E-state index contributed by atoms with van der Waals surface area (Å²) in [6.45, 7) is 4.65. The van der Waals surface area contributed by atoms with E-state index in [4.69, 9.17) is 18.9 Å². The Hall–Kier alpha value is -2.49.